The minimum absolute atomic E-state index is 0.146. The Balaban J connectivity index is 2.07. The standard InChI is InChI=1S/C10H13N3O3S2/c1-13-3-2-8(12-13)5-11-18(15,16)10-4-9(6-14)17-7-10/h2-4,7,11,14H,5-6H2,1H3. The molecule has 0 radical (unpaired) electrons. The van der Waals surface area contributed by atoms with Crippen molar-refractivity contribution in [2.75, 3.05) is 0 Å². The lowest BCUT2D eigenvalue weighted by Crippen LogP contribution is -2.23. The molecule has 0 aliphatic rings. The van der Waals surface area contributed by atoms with Crippen LogP contribution in [0.1, 0.15) is 10.6 Å². The molecular weight excluding hydrogens is 274 g/mol. The van der Waals surface area contributed by atoms with Crippen molar-refractivity contribution in [1.82, 2.24) is 14.5 Å². The molecule has 0 aliphatic carbocycles. The zero-order valence-corrected chi connectivity index (χ0v) is 11.3. The molecule has 6 nitrogen and oxygen atoms in total. The largest absolute Gasteiger partial charge is 0.391 e. The zero-order chi connectivity index (χ0) is 13.2. The van der Waals surface area contributed by atoms with Gasteiger partial charge in [-0.05, 0) is 12.1 Å². The summed E-state index contributed by atoms with van der Waals surface area (Å²) in [7, 11) is -1.77. The smallest absolute Gasteiger partial charge is 0.241 e. The molecule has 2 rings (SSSR count). The van der Waals surface area contributed by atoms with Crippen LogP contribution in [0.2, 0.25) is 0 Å². The molecule has 0 bridgehead atoms. The van der Waals surface area contributed by atoms with Gasteiger partial charge in [0.15, 0.2) is 0 Å². The molecule has 2 aromatic heterocycles. The third kappa shape index (κ3) is 2.96. The second kappa shape index (κ2) is 5.19. The lowest BCUT2D eigenvalue weighted by molar-refractivity contribution is 0.285. The first-order chi connectivity index (χ1) is 8.51. The van der Waals surface area contributed by atoms with Crippen molar-refractivity contribution in [3.8, 4) is 0 Å². The van der Waals surface area contributed by atoms with Crippen molar-refractivity contribution >= 4 is 21.4 Å². The molecule has 0 atom stereocenters. The molecule has 0 saturated heterocycles. The molecule has 0 spiro atoms. The monoisotopic (exact) mass is 287 g/mol. The van der Waals surface area contributed by atoms with E-state index in [-0.39, 0.29) is 18.0 Å². The van der Waals surface area contributed by atoms with E-state index in [0.717, 1.165) is 0 Å². The van der Waals surface area contributed by atoms with Crippen LogP contribution < -0.4 is 4.72 Å². The Morgan fingerprint density at radius 2 is 2.33 bits per heavy atom. The molecule has 18 heavy (non-hydrogen) atoms. The Labute approximate surface area is 109 Å². The molecule has 0 saturated carbocycles. The normalized spacial score (nSPS) is 11.9. The first kappa shape index (κ1) is 13.2. The molecule has 0 fully saturated rings. The molecule has 0 aliphatic heterocycles. The Kier molecular flexibility index (Phi) is 3.81. The van der Waals surface area contributed by atoms with Crippen LogP contribution in [-0.2, 0) is 30.2 Å². The zero-order valence-electron chi connectivity index (χ0n) is 9.70. The van der Waals surface area contributed by atoms with Crippen molar-refractivity contribution in [2.24, 2.45) is 7.05 Å². The van der Waals surface area contributed by atoms with Gasteiger partial charge in [-0.25, -0.2) is 13.1 Å². The summed E-state index contributed by atoms with van der Waals surface area (Å²) >= 11 is 1.21. The maximum Gasteiger partial charge on any atom is 0.241 e. The molecule has 8 heteroatoms. The minimum atomic E-state index is -3.54. The summed E-state index contributed by atoms with van der Waals surface area (Å²) in [6, 6.07) is 3.21. The first-order valence-electron chi connectivity index (χ1n) is 5.18. The maximum atomic E-state index is 11.9. The van der Waals surface area contributed by atoms with Gasteiger partial charge in [-0.15, -0.1) is 11.3 Å². The van der Waals surface area contributed by atoms with E-state index in [9.17, 15) is 8.42 Å². The highest BCUT2D eigenvalue weighted by Gasteiger charge is 2.16. The number of thiophene rings is 1. The molecular formula is C10H13N3O3S2. The highest BCUT2D eigenvalue weighted by Crippen LogP contribution is 2.19. The van der Waals surface area contributed by atoms with Gasteiger partial charge >= 0.3 is 0 Å². The van der Waals surface area contributed by atoms with Crippen LogP contribution in [0.5, 0.6) is 0 Å². The summed E-state index contributed by atoms with van der Waals surface area (Å²) in [6.07, 6.45) is 1.75. The number of hydrogen-bond acceptors (Lipinski definition) is 5. The fourth-order valence-electron chi connectivity index (χ4n) is 1.39. The molecule has 0 amide bonds. The number of aliphatic hydroxyl groups is 1. The van der Waals surface area contributed by atoms with Gasteiger partial charge in [0.05, 0.1) is 23.7 Å². The van der Waals surface area contributed by atoms with Gasteiger partial charge < -0.3 is 5.11 Å². The predicted molar refractivity (Wildman–Crippen MR) is 67.5 cm³/mol. The molecule has 0 aromatic carbocycles. The summed E-state index contributed by atoms with van der Waals surface area (Å²) in [5.41, 5.74) is 0.652. The summed E-state index contributed by atoms with van der Waals surface area (Å²) in [4.78, 5) is 0.792. The van der Waals surface area contributed by atoms with Gasteiger partial charge in [-0.2, -0.15) is 5.10 Å². The molecule has 2 heterocycles. The van der Waals surface area contributed by atoms with Crippen LogP contribution in [0.15, 0.2) is 28.6 Å². The van der Waals surface area contributed by atoms with E-state index in [1.54, 1.807) is 24.0 Å². The van der Waals surface area contributed by atoms with Gasteiger partial charge in [0.2, 0.25) is 10.0 Å². The van der Waals surface area contributed by atoms with E-state index < -0.39 is 10.0 Å². The average Bonchev–Trinajstić information content (AvgIpc) is 2.95. The summed E-state index contributed by atoms with van der Waals surface area (Å²) < 4.78 is 27.9. The Bertz CT molecular complexity index is 630. The topological polar surface area (TPSA) is 84.2 Å². The number of nitrogens with zero attached hydrogens (tertiary/aromatic N) is 2. The summed E-state index contributed by atoms with van der Waals surface area (Å²) in [5.74, 6) is 0. The van der Waals surface area contributed by atoms with Crippen LogP contribution in [-0.4, -0.2) is 23.3 Å². The highest BCUT2D eigenvalue weighted by atomic mass is 32.2. The summed E-state index contributed by atoms with van der Waals surface area (Å²) in [6.45, 7) is -0.00605. The van der Waals surface area contributed by atoms with Gasteiger partial charge in [0, 0.05) is 23.5 Å². The Morgan fingerprint density at radius 3 is 2.89 bits per heavy atom. The highest BCUT2D eigenvalue weighted by molar-refractivity contribution is 7.89. The predicted octanol–water partition coefficient (Wildman–Crippen LogP) is 0.452. The van der Waals surface area contributed by atoms with Crippen molar-refractivity contribution < 1.29 is 13.5 Å². The van der Waals surface area contributed by atoms with E-state index in [0.29, 0.717) is 10.6 Å². The van der Waals surface area contributed by atoms with Crippen LogP contribution in [0.3, 0.4) is 0 Å². The third-order valence-corrected chi connectivity index (χ3v) is 4.76. The number of aromatic nitrogens is 2. The van der Waals surface area contributed by atoms with Crippen LogP contribution in [0, 0.1) is 0 Å². The van der Waals surface area contributed by atoms with E-state index >= 15 is 0 Å². The fraction of sp³-hybridized carbons (Fsp3) is 0.300. The van der Waals surface area contributed by atoms with Crippen molar-refractivity contribution in [3.05, 3.63) is 34.3 Å². The van der Waals surface area contributed by atoms with Gasteiger partial charge in [-0.1, -0.05) is 0 Å². The van der Waals surface area contributed by atoms with Gasteiger partial charge in [0.1, 0.15) is 0 Å². The van der Waals surface area contributed by atoms with Crippen molar-refractivity contribution in [3.63, 3.8) is 0 Å². The number of nitrogens with one attached hydrogen (secondary N) is 1. The second-order valence-electron chi connectivity index (χ2n) is 3.71. The second-order valence-corrected chi connectivity index (χ2v) is 6.47. The number of aliphatic hydroxyl groups excluding tert-OH is 1. The lowest BCUT2D eigenvalue weighted by atomic mass is 10.4. The third-order valence-electron chi connectivity index (χ3n) is 2.31. The van der Waals surface area contributed by atoms with Crippen molar-refractivity contribution in [1.29, 1.82) is 0 Å². The Hall–Kier alpha value is -1.22. The average molecular weight is 287 g/mol. The quantitative estimate of drug-likeness (QED) is 0.836. The molecule has 2 N–H and O–H groups in total. The van der Waals surface area contributed by atoms with Gasteiger partial charge in [0.25, 0.3) is 0 Å². The molecule has 0 unspecified atom stereocenters. The number of aryl methyl sites for hydroxylation is 1. The van der Waals surface area contributed by atoms with E-state index in [2.05, 4.69) is 9.82 Å². The number of rotatable bonds is 5. The number of sulfonamides is 1. The minimum Gasteiger partial charge on any atom is -0.391 e. The SMILES string of the molecule is Cn1ccc(CNS(=O)(=O)c2csc(CO)c2)n1. The van der Waals surface area contributed by atoms with E-state index in [1.165, 1.54) is 22.8 Å². The van der Waals surface area contributed by atoms with Crippen LogP contribution in [0.4, 0.5) is 0 Å². The summed E-state index contributed by atoms with van der Waals surface area (Å²) in [5, 5.41) is 14.5. The Morgan fingerprint density at radius 1 is 1.56 bits per heavy atom. The van der Waals surface area contributed by atoms with Crippen LogP contribution >= 0.6 is 11.3 Å². The van der Waals surface area contributed by atoms with Gasteiger partial charge in [-0.3, -0.25) is 4.68 Å². The van der Waals surface area contributed by atoms with Crippen LogP contribution in [0.25, 0.3) is 0 Å². The first-order valence-corrected chi connectivity index (χ1v) is 7.54. The van der Waals surface area contributed by atoms with Crippen molar-refractivity contribution in [2.45, 2.75) is 18.0 Å². The van der Waals surface area contributed by atoms with E-state index in [1.807, 2.05) is 0 Å². The molecule has 98 valence electrons. The van der Waals surface area contributed by atoms with E-state index in [4.69, 9.17) is 5.11 Å². The fourth-order valence-corrected chi connectivity index (χ4v) is 3.53. The molecule has 2 aromatic rings. The lowest BCUT2D eigenvalue weighted by Gasteiger charge is -2.02. The maximum absolute atomic E-state index is 11.9. The number of hydrogen-bond donors (Lipinski definition) is 2.